The van der Waals surface area contributed by atoms with Crippen LogP contribution in [0.15, 0.2) is 29.8 Å². The monoisotopic (exact) mass is 479 g/mol. The van der Waals surface area contributed by atoms with Crippen LogP contribution in [0.4, 0.5) is 0 Å². The summed E-state index contributed by atoms with van der Waals surface area (Å²) < 4.78 is 1.81. The molecule has 1 aliphatic rings. The second-order valence-corrected chi connectivity index (χ2v) is 10.5. The van der Waals surface area contributed by atoms with Gasteiger partial charge in [-0.1, -0.05) is 18.2 Å². The van der Waals surface area contributed by atoms with Gasteiger partial charge in [0.25, 0.3) is 11.8 Å². The van der Waals surface area contributed by atoms with Gasteiger partial charge < -0.3 is 10.2 Å². The average molecular weight is 480 g/mol. The van der Waals surface area contributed by atoms with Crippen LogP contribution in [0.5, 0.6) is 0 Å². The lowest BCUT2D eigenvalue weighted by atomic mass is 10.0. The van der Waals surface area contributed by atoms with Crippen molar-refractivity contribution in [2.24, 2.45) is 0 Å². The zero-order valence-corrected chi connectivity index (χ0v) is 20.6. The summed E-state index contributed by atoms with van der Waals surface area (Å²) >= 11 is 3.04. The van der Waals surface area contributed by atoms with Gasteiger partial charge in [0.2, 0.25) is 0 Å². The lowest BCUT2D eigenvalue weighted by Gasteiger charge is -2.40. The van der Waals surface area contributed by atoms with Crippen molar-refractivity contribution in [2.45, 2.75) is 40.2 Å². The van der Waals surface area contributed by atoms with Crippen molar-refractivity contribution < 1.29 is 9.59 Å². The number of thiazole rings is 2. The number of fused-ring (bicyclic) bond motifs is 1. The molecule has 0 radical (unpaired) electrons. The molecule has 33 heavy (non-hydrogen) atoms. The normalized spacial score (nSPS) is 15.6. The number of hydrogen-bond acceptors (Lipinski definition) is 6. The van der Waals surface area contributed by atoms with Crippen LogP contribution in [0.3, 0.4) is 0 Å². The summed E-state index contributed by atoms with van der Waals surface area (Å²) in [4.78, 5) is 38.8. The van der Waals surface area contributed by atoms with Crippen molar-refractivity contribution in [1.29, 1.82) is 0 Å². The highest BCUT2D eigenvalue weighted by Crippen LogP contribution is 2.33. The number of carbonyl (C=O) groups excluding carboxylic acids is 2. The quantitative estimate of drug-likeness (QED) is 0.460. The van der Waals surface area contributed by atoms with Crippen LogP contribution < -0.4 is 5.32 Å². The van der Waals surface area contributed by atoms with Crippen LogP contribution in [0.2, 0.25) is 0 Å². The van der Waals surface area contributed by atoms with Gasteiger partial charge in [0, 0.05) is 24.7 Å². The zero-order chi connectivity index (χ0) is 23.3. The minimum Gasteiger partial charge on any atom is -0.349 e. The van der Waals surface area contributed by atoms with Crippen molar-refractivity contribution in [3.63, 3.8) is 0 Å². The molecule has 1 fully saturated rings. The molecule has 1 N–H and O–H groups in total. The van der Waals surface area contributed by atoms with E-state index in [-0.39, 0.29) is 17.9 Å². The topological polar surface area (TPSA) is 79.6 Å². The molecule has 1 atom stereocenters. The third-order valence-corrected chi connectivity index (χ3v) is 8.04. The molecule has 4 aromatic rings. The van der Waals surface area contributed by atoms with Crippen molar-refractivity contribution >= 4 is 39.4 Å². The number of nitrogens with one attached hydrogen (secondary N) is 1. The number of hydrogen-bond donors (Lipinski definition) is 1. The number of aromatic nitrogens is 3. The van der Waals surface area contributed by atoms with Gasteiger partial charge in [0.15, 0.2) is 4.96 Å². The standard InChI is InChI=1S/C24H25N5O2S2/c1-13-5-6-17(11-14(13)2)21-19(27-16(4)33-21)23(31)28-8-7-18(28)12-25-22(30)20-15(3)26-24-29(20)9-10-32-24/h5-6,9-11,18H,7-8,12H2,1-4H3,(H,25,30)/t18-/m1/s1. The van der Waals surface area contributed by atoms with E-state index in [1.165, 1.54) is 22.5 Å². The van der Waals surface area contributed by atoms with Gasteiger partial charge in [-0.25, -0.2) is 9.97 Å². The fourth-order valence-electron chi connectivity index (χ4n) is 4.17. The van der Waals surface area contributed by atoms with E-state index in [1.54, 1.807) is 11.3 Å². The number of carbonyl (C=O) groups is 2. The summed E-state index contributed by atoms with van der Waals surface area (Å²) in [6.45, 7) is 9.00. The van der Waals surface area contributed by atoms with Gasteiger partial charge in [-0.05, 0) is 50.8 Å². The van der Waals surface area contributed by atoms with Crippen LogP contribution in [0.1, 0.15) is 49.2 Å². The van der Waals surface area contributed by atoms with E-state index in [0.717, 1.165) is 26.8 Å². The van der Waals surface area contributed by atoms with E-state index in [0.29, 0.717) is 30.2 Å². The molecule has 0 spiro atoms. The summed E-state index contributed by atoms with van der Waals surface area (Å²) in [6.07, 6.45) is 2.71. The first-order valence-corrected chi connectivity index (χ1v) is 12.6. The molecular weight excluding hydrogens is 454 g/mol. The molecule has 7 nitrogen and oxygen atoms in total. The third-order valence-electron chi connectivity index (χ3n) is 6.26. The van der Waals surface area contributed by atoms with E-state index in [9.17, 15) is 9.59 Å². The maximum Gasteiger partial charge on any atom is 0.274 e. The number of likely N-dealkylation sites (tertiary alicyclic amines) is 1. The lowest BCUT2D eigenvalue weighted by molar-refractivity contribution is 0.0451. The summed E-state index contributed by atoms with van der Waals surface area (Å²) in [5.74, 6) is -0.239. The van der Waals surface area contributed by atoms with Gasteiger partial charge in [-0.3, -0.25) is 14.0 Å². The summed E-state index contributed by atoms with van der Waals surface area (Å²) in [6, 6.07) is 6.21. The Bertz CT molecular complexity index is 1380. The molecule has 0 saturated carbocycles. The Morgan fingerprint density at radius 2 is 1.97 bits per heavy atom. The van der Waals surface area contributed by atoms with Crippen LogP contribution in [-0.4, -0.2) is 50.2 Å². The first-order chi connectivity index (χ1) is 15.8. The fraction of sp³-hybridized carbons (Fsp3) is 0.333. The Labute approximate surface area is 200 Å². The largest absolute Gasteiger partial charge is 0.349 e. The fourth-order valence-corrected chi connectivity index (χ4v) is 5.83. The highest BCUT2D eigenvalue weighted by Gasteiger charge is 2.35. The summed E-state index contributed by atoms with van der Waals surface area (Å²) in [7, 11) is 0. The molecule has 9 heteroatoms. The number of imidazole rings is 1. The van der Waals surface area contributed by atoms with Gasteiger partial charge >= 0.3 is 0 Å². The Morgan fingerprint density at radius 3 is 2.70 bits per heavy atom. The van der Waals surface area contributed by atoms with Gasteiger partial charge in [0.1, 0.15) is 11.4 Å². The number of rotatable bonds is 5. The van der Waals surface area contributed by atoms with Crippen LogP contribution in [-0.2, 0) is 0 Å². The number of benzene rings is 1. The summed E-state index contributed by atoms with van der Waals surface area (Å²) in [5.41, 5.74) is 5.19. The molecule has 5 rings (SSSR count). The van der Waals surface area contributed by atoms with E-state index in [1.807, 2.05) is 34.7 Å². The molecule has 1 aliphatic heterocycles. The van der Waals surface area contributed by atoms with Crippen molar-refractivity contribution in [2.75, 3.05) is 13.1 Å². The second-order valence-electron chi connectivity index (χ2n) is 8.46. The molecule has 0 unspecified atom stereocenters. The minimum atomic E-state index is -0.168. The first-order valence-electron chi connectivity index (χ1n) is 10.9. The molecule has 3 aromatic heterocycles. The Kier molecular flexibility index (Phi) is 5.54. The number of aryl methyl sites for hydroxylation is 4. The minimum absolute atomic E-state index is 0.0396. The molecule has 4 heterocycles. The van der Waals surface area contributed by atoms with Gasteiger partial charge in [-0.15, -0.1) is 22.7 Å². The van der Waals surface area contributed by atoms with E-state index < -0.39 is 0 Å². The predicted octanol–water partition coefficient (Wildman–Crippen LogP) is 4.40. The van der Waals surface area contributed by atoms with Crippen molar-refractivity contribution in [3.05, 3.63) is 63.0 Å². The van der Waals surface area contributed by atoms with E-state index >= 15 is 0 Å². The average Bonchev–Trinajstić information content (AvgIpc) is 3.43. The molecule has 0 aliphatic carbocycles. The van der Waals surface area contributed by atoms with Crippen LogP contribution in [0.25, 0.3) is 15.4 Å². The maximum absolute atomic E-state index is 13.4. The molecule has 1 aromatic carbocycles. The van der Waals surface area contributed by atoms with Gasteiger partial charge in [0.05, 0.1) is 21.6 Å². The third kappa shape index (κ3) is 3.85. The van der Waals surface area contributed by atoms with Crippen molar-refractivity contribution in [3.8, 4) is 10.4 Å². The Balaban J connectivity index is 1.31. The highest BCUT2D eigenvalue weighted by atomic mass is 32.1. The number of nitrogens with zero attached hydrogens (tertiary/aromatic N) is 4. The molecule has 170 valence electrons. The smallest absolute Gasteiger partial charge is 0.274 e. The zero-order valence-electron chi connectivity index (χ0n) is 19.0. The highest BCUT2D eigenvalue weighted by molar-refractivity contribution is 7.15. The molecule has 0 bridgehead atoms. The molecule has 2 amide bonds. The SMILES string of the molecule is Cc1nc(C(=O)N2CC[C@@H]2CNC(=O)c2c(C)nc3sccn23)c(-c2ccc(C)c(C)c2)s1. The van der Waals surface area contributed by atoms with E-state index in [4.69, 9.17) is 0 Å². The van der Waals surface area contributed by atoms with Crippen molar-refractivity contribution in [1.82, 2.24) is 24.6 Å². The number of amides is 2. The predicted molar refractivity (Wildman–Crippen MR) is 131 cm³/mol. The van der Waals surface area contributed by atoms with E-state index in [2.05, 4.69) is 47.3 Å². The van der Waals surface area contributed by atoms with Crippen LogP contribution >= 0.6 is 22.7 Å². The van der Waals surface area contributed by atoms with Gasteiger partial charge in [-0.2, -0.15) is 0 Å². The second kappa shape index (κ2) is 8.39. The Morgan fingerprint density at radius 1 is 1.15 bits per heavy atom. The molecular formula is C24H25N5O2S2. The first kappa shape index (κ1) is 21.8. The molecule has 1 saturated heterocycles. The Hall–Kier alpha value is -3.04. The van der Waals surface area contributed by atoms with Crippen LogP contribution in [0, 0.1) is 27.7 Å². The maximum atomic E-state index is 13.4. The lowest BCUT2D eigenvalue weighted by Crippen LogP contribution is -2.56. The summed E-state index contributed by atoms with van der Waals surface area (Å²) in [5, 5.41) is 5.78.